The van der Waals surface area contributed by atoms with E-state index < -0.39 is 5.82 Å². The van der Waals surface area contributed by atoms with Crippen molar-refractivity contribution in [2.45, 2.75) is 18.7 Å². The highest BCUT2D eigenvalue weighted by Gasteiger charge is 2.15. The quantitative estimate of drug-likeness (QED) is 0.330. The number of hydrogen-bond acceptors (Lipinski definition) is 7. The van der Waals surface area contributed by atoms with Gasteiger partial charge in [-0.3, -0.25) is 9.59 Å². The Morgan fingerprint density at radius 2 is 1.90 bits per heavy atom. The number of nitrogen functional groups attached to an aromatic ring is 1. The zero-order valence-electron chi connectivity index (χ0n) is 15.5. The summed E-state index contributed by atoms with van der Waals surface area (Å²) in [6, 6.07) is 12.7. The molecule has 10 heteroatoms. The molecule has 1 heterocycles. The molecule has 3 N–H and O–H groups in total. The maximum Gasteiger partial charge on any atom is 0.234 e. The number of benzene rings is 2. The molecule has 8 nitrogen and oxygen atoms in total. The molecule has 0 saturated carbocycles. The summed E-state index contributed by atoms with van der Waals surface area (Å²) in [4.78, 5) is 23.8. The third-order valence-corrected chi connectivity index (χ3v) is 4.78. The van der Waals surface area contributed by atoms with Crippen molar-refractivity contribution in [3.63, 3.8) is 0 Å². The topological polar surface area (TPSA) is 112 Å². The van der Waals surface area contributed by atoms with Crippen LogP contribution in [0.3, 0.4) is 0 Å². The van der Waals surface area contributed by atoms with E-state index in [1.54, 1.807) is 36.4 Å². The fraction of sp³-hybridized carbons (Fsp3) is 0.158. The normalized spacial score (nSPS) is 10.6. The number of rotatable bonds is 8. The zero-order valence-corrected chi connectivity index (χ0v) is 16.3. The lowest BCUT2D eigenvalue weighted by Gasteiger charge is -2.09. The Morgan fingerprint density at radius 1 is 1.17 bits per heavy atom. The number of Topliss-reactive ketones (excluding diaryl/α,β-unsaturated/α-hetero) is 1. The molecule has 3 rings (SSSR count). The number of anilines is 1. The van der Waals surface area contributed by atoms with Gasteiger partial charge in [-0.1, -0.05) is 36.0 Å². The van der Waals surface area contributed by atoms with E-state index in [9.17, 15) is 14.0 Å². The Hall–Kier alpha value is -3.40. The van der Waals surface area contributed by atoms with Crippen LogP contribution >= 0.6 is 11.8 Å². The standard InChI is InChI=1S/C19H18FN5O3S/c1-12(26)13-6-2-4-8-15(13)22-18(27)11-29-19-24-23-17(25(19)21)10-28-16-9-5-3-7-14(16)20/h2-9H,10-11,21H2,1H3,(H,22,27). The number of amides is 1. The van der Waals surface area contributed by atoms with Gasteiger partial charge < -0.3 is 15.9 Å². The number of hydrogen-bond donors (Lipinski definition) is 2. The number of nitrogens with zero attached hydrogens (tertiary/aromatic N) is 3. The van der Waals surface area contributed by atoms with Gasteiger partial charge in [0.15, 0.2) is 23.2 Å². The third kappa shape index (κ3) is 5.11. The van der Waals surface area contributed by atoms with Crippen molar-refractivity contribution in [2.75, 3.05) is 16.9 Å². The third-order valence-electron chi connectivity index (χ3n) is 3.84. The molecule has 0 fully saturated rings. The van der Waals surface area contributed by atoms with Crippen molar-refractivity contribution in [3.8, 4) is 5.75 Å². The summed E-state index contributed by atoms with van der Waals surface area (Å²) >= 11 is 1.07. The molecule has 3 aromatic rings. The average molecular weight is 415 g/mol. The molecular weight excluding hydrogens is 397 g/mol. The molecule has 1 aromatic heterocycles. The van der Waals surface area contributed by atoms with Gasteiger partial charge in [-0.2, -0.15) is 0 Å². The summed E-state index contributed by atoms with van der Waals surface area (Å²) < 4.78 is 20.1. The van der Waals surface area contributed by atoms with E-state index in [-0.39, 0.29) is 35.6 Å². The van der Waals surface area contributed by atoms with E-state index in [4.69, 9.17) is 10.6 Å². The van der Waals surface area contributed by atoms with Crippen LogP contribution in [0.4, 0.5) is 10.1 Å². The van der Waals surface area contributed by atoms with Crippen molar-refractivity contribution in [3.05, 3.63) is 65.7 Å². The number of thioether (sulfide) groups is 1. The molecule has 0 bridgehead atoms. The van der Waals surface area contributed by atoms with Gasteiger partial charge in [0.1, 0.15) is 6.61 Å². The molecule has 29 heavy (non-hydrogen) atoms. The molecule has 0 aliphatic heterocycles. The Kier molecular flexibility index (Phi) is 6.45. The van der Waals surface area contributed by atoms with Crippen LogP contribution in [0.2, 0.25) is 0 Å². The first kappa shape index (κ1) is 20.3. The number of nitrogens with one attached hydrogen (secondary N) is 1. The first-order chi connectivity index (χ1) is 14.0. The highest BCUT2D eigenvalue weighted by molar-refractivity contribution is 7.99. The summed E-state index contributed by atoms with van der Waals surface area (Å²) in [7, 11) is 0. The second kappa shape index (κ2) is 9.20. The van der Waals surface area contributed by atoms with E-state index in [1.807, 2.05) is 0 Å². The minimum absolute atomic E-state index is 0.00967. The molecule has 150 valence electrons. The van der Waals surface area contributed by atoms with Crippen LogP contribution in [0.15, 0.2) is 53.7 Å². The lowest BCUT2D eigenvalue weighted by atomic mass is 10.1. The molecular formula is C19H18FN5O3S. The predicted octanol–water partition coefficient (Wildman–Crippen LogP) is 2.64. The summed E-state index contributed by atoms with van der Waals surface area (Å²) in [5, 5.41) is 10.8. The number of halogens is 1. The molecule has 0 radical (unpaired) electrons. The first-order valence-corrected chi connectivity index (χ1v) is 9.53. The van der Waals surface area contributed by atoms with Gasteiger partial charge in [-0.15, -0.1) is 10.2 Å². The van der Waals surface area contributed by atoms with Crippen LogP contribution in [0, 0.1) is 5.82 Å². The van der Waals surface area contributed by atoms with Crippen molar-refractivity contribution >= 4 is 29.1 Å². The average Bonchev–Trinajstić information content (AvgIpc) is 3.05. The van der Waals surface area contributed by atoms with Crippen LogP contribution in [0.1, 0.15) is 23.1 Å². The molecule has 1 amide bonds. The number of aromatic nitrogens is 3. The van der Waals surface area contributed by atoms with Crippen LogP contribution in [0.5, 0.6) is 5.75 Å². The molecule has 0 aliphatic carbocycles. The van der Waals surface area contributed by atoms with Crippen LogP contribution in [0.25, 0.3) is 0 Å². The van der Waals surface area contributed by atoms with Gasteiger partial charge in [0.25, 0.3) is 0 Å². The van der Waals surface area contributed by atoms with E-state index >= 15 is 0 Å². The molecule has 0 spiro atoms. The Morgan fingerprint density at radius 3 is 2.66 bits per heavy atom. The highest BCUT2D eigenvalue weighted by Crippen LogP contribution is 2.20. The number of carbonyl (C=O) groups excluding carboxylic acids is 2. The smallest absolute Gasteiger partial charge is 0.234 e. The molecule has 0 aliphatic rings. The summed E-state index contributed by atoms with van der Waals surface area (Å²) in [6.07, 6.45) is 0. The lowest BCUT2D eigenvalue weighted by Crippen LogP contribution is -2.19. The summed E-state index contributed by atoms with van der Waals surface area (Å²) in [5.74, 6) is 5.33. The Labute approximate surface area is 170 Å². The predicted molar refractivity (Wildman–Crippen MR) is 107 cm³/mol. The number of nitrogens with two attached hydrogens (primary N) is 1. The Bertz CT molecular complexity index is 1040. The summed E-state index contributed by atoms with van der Waals surface area (Å²) in [5.41, 5.74) is 0.874. The number of carbonyl (C=O) groups is 2. The van der Waals surface area contributed by atoms with E-state index in [2.05, 4.69) is 15.5 Å². The van der Waals surface area contributed by atoms with Crippen LogP contribution < -0.4 is 15.9 Å². The minimum Gasteiger partial charge on any atom is -0.482 e. The zero-order chi connectivity index (χ0) is 20.8. The highest BCUT2D eigenvalue weighted by atomic mass is 32.2. The fourth-order valence-corrected chi connectivity index (χ4v) is 3.10. The molecule has 0 saturated heterocycles. The van der Waals surface area contributed by atoms with E-state index in [0.29, 0.717) is 16.4 Å². The fourth-order valence-electron chi connectivity index (χ4n) is 2.42. The number of para-hydroxylation sites is 2. The largest absolute Gasteiger partial charge is 0.482 e. The van der Waals surface area contributed by atoms with Gasteiger partial charge in [0.2, 0.25) is 11.1 Å². The summed E-state index contributed by atoms with van der Waals surface area (Å²) in [6.45, 7) is 1.35. The lowest BCUT2D eigenvalue weighted by molar-refractivity contribution is -0.113. The van der Waals surface area contributed by atoms with Gasteiger partial charge in [0.05, 0.1) is 11.4 Å². The van der Waals surface area contributed by atoms with Crippen molar-refractivity contribution in [2.24, 2.45) is 0 Å². The molecule has 2 aromatic carbocycles. The van der Waals surface area contributed by atoms with E-state index in [1.165, 1.54) is 23.7 Å². The minimum atomic E-state index is -0.493. The number of ether oxygens (including phenoxy) is 1. The van der Waals surface area contributed by atoms with Gasteiger partial charge in [-0.05, 0) is 31.2 Å². The molecule has 0 unspecified atom stereocenters. The SMILES string of the molecule is CC(=O)c1ccccc1NC(=O)CSc1nnc(COc2ccccc2F)n1N. The van der Waals surface area contributed by atoms with E-state index in [0.717, 1.165) is 11.8 Å². The Balaban J connectivity index is 1.57. The van der Waals surface area contributed by atoms with Crippen LogP contribution in [-0.4, -0.2) is 32.3 Å². The van der Waals surface area contributed by atoms with Crippen molar-refractivity contribution in [1.29, 1.82) is 0 Å². The maximum atomic E-state index is 13.6. The second-order valence-electron chi connectivity index (χ2n) is 5.93. The maximum absolute atomic E-state index is 13.6. The van der Waals surface area contributed by atoms with Gasteiger partial charge in [-0.25, -0.2) is 9.07 Å². The van der Waals surface area contributed by atoms with Gasteiger partial charge in [0, 0.05) is 5.56 Å². The van der Waals surface area contributed by atoms with Crippen molar-refractivity contribution < 1.29 is 18.7 Å². The van der Waals surface area contributed by atoms with Gasteiger partial charge >= 0.3 is 0 Å². The monoisotopic (exact) mass is 415 g/mol. The molecule has 0 atom stereocenters. The van der Waals surface area contributed by atoms with Crippen molar-refractivity contribution in [1.82, 2.24) is 14.9 Å². The number of ketones is 1. The van der Waals surface area contributed by atoms with Crippen LogP contribution in [-0.2, 0) is 11.4 Å². The first-order valence-electron chi connectivity index (χ1n) is 8.55. The second-order valence-corrected chi connectivity index (χ2v) is 6.87.